The largest absolute Gasteiger partial charge is 0.342 e. The van der Waals surface area contributed by atoms with Crippen LogP contribution in [0.25, 0.3) is 0 Å². The van der Waals surface area contributed by atoms with Gasteiger partial charge in [-0.1, -0.05) is 6.07 Å². The van der Waals surface area contributed by atoms with Crippen LogP contribution in [0.3, 0.4) is 0 Å². The zero-order valence-electron chi connectivity index (χ0n) is 14.0. The molecule has 0 atom stereocenters. The van der Waals surface area contributed by atoms with Crippen LogP contribution >= 0.6 is 11.8 Å². The lowest BCUT2D eigenvalue weighted by molar-refractivity contribution is -0.129. The second kappa shape index (κ2) is 8.28. The number of hydrogen-bond donors (Lipinski definition) is 0. The maximum absolute atomic E-state index is 12.4. The van der Waals surface area contributed by atoms with E-state index in [1.54, 1.807) is 24.3 Å². The zero-order valence-corrected chi connectivity index (χ0v) is 14.8. The molecule has 0 unspecified atom stereocenters. The Balaban J connectivity index is 1.43. The second-order valence-electron chi connectivity index (χ2n) is 5.94. The molecule has 1 aliphatic heterocycles. The molecular weight excluding hydrogens is 322 g/mol. The summed E-state index contributed by atoms with van der Waals surface area (Å²) >= 11 is 1.63. The molecule has 1 saturated heterocycles. The van der Waals surface area contributed by atoms with Crippen LogP contribution in [-0.4, -0.2) is 49.4 Å². The summed E-state index contributed by atoms with van der Waals surface area (Å²) in [7, 11) is 0. The van der Waals surface area contributed by atoms with Crippen LogP contribution in [-0.2, 0) is 17.1 Å². The van der Waals surface area contributed by atoms with Crippen molar-refractivity contribution >= 4 is 17.7 Å². The average Bonchev–Trinajstić information content (AvgIpc) is 3.11. The number of rotatable bonds is 6. The van der Waals surface area contributed by atoms with Gasteiger partial charge in [0, 0.05) is 37.5 Å². The molecule has 128 valence electrons. The molecule has 0 N–H and O–H groups in total. The SMILES string of the molecule is CCn1cnnc1C1CCN(C(=O)CSCc2ccccn2)CC1. The third-order valence-corrected chi connectivity index (χ3v) is 5.35. The maximum Gasteiger partial charge on any atom is 0.232 e. The number of carbonyl (C=O) groups is 1. The first kappa shape index (κ1) is 17.0. The molecule has 6 nitrogen and oxygen atoms in total. The van der Waals surface area contributed by atoms with Crippen molar-refractivity contribution in [3.63, 3.8) is 0 Å². The quantitative estimate of drug-likeness (QED) is 0.804. The lowest BCUT2D eigenvalue weighted by Crippen LogP contribution is -2.39. The summed E-state index contributed by atoms with van der Waals surface area (Å²) in [5, 5.41) is 8.28. The highest BCUT2D eigenvalue weighted by molar-refractivity contribution is 7.99. The molecule has 1 fully saturated rings. The summed E-state index contributed by atoms with van der Waals surface area (Å²) < 4.78 is 2.10. The van der Waals surface area contributed by atoms with E-state index in [9.17, 15) is 4.79 Å². The van der Waals surface area contributed by atoms with Gasteiger partial charge in [0.15, 0.2) is 0 Å². The minimum Gasteiger partial charge on any atom is -0.342 e. The summed E-state index contributed by atoms with van der Waals surface area (Å²) in [6.07, 6.45) is 5.52. The van der Waals surface area contributed by atoms with Crippen LogP contribution in [0.2, 0.25) is 0 Å². The standard InChI is InChI=1S/C17H23N5OS/c1-2-21-13-19-20-17(21)14-6-9-22(10-7-14)16(23)12-24-11-15-5-3-4-8-18-15/h3-5,8,13-14H,2,6-7,9-12H2,1H3. The third kappa shape index (κ3) is 4.14. The van der Waals surface area contributed by atoms with Crippen LogP contribution in [0.15, 0.2) is 30.7 Å². The highest BCUT2D eigenvalue weighted by atomic mass is 32.2. The minimum absolute atomic E-state index is 0.228. The van der Waals surface area contributed by atoms with Crippen molar-refractivity contribution in [3.05, 3.63) is 42.2 Å². The molecule has 1 amide bonds. The molecule has 3 rings (SSSR count). The highest BCUT2D eigenvalue weighted by Crippen LogP contribution is 2.27. The van der Waals surface area contributed by atoms with E-state index in [0.29, 0.717) is 11.7 Å². The van der Waals surface area contributed by atoms with Crippen molar-refractivity contribution in [1.29, 1.82) is 0 Å². The summed E-state index contributed by atoms with van der Waals surface area (Å²) in [6, 6.07) is 5.88. The molecule has 0 radical (unpaired) electrons. The predicted octanol–water partition coefficient (Wildman–Crippen LogP) is 2.33. The monoisotopic (exact) mass is 345 g/mol. The zero-order chi connectivity index (χ0) is 16.8. The normalized spacial score (nSPS) is 15.6. The van der Waals surface area contributed by atoms with Gasteiger partial charge in [0.05, 0.1) is 11.4 Å². The second-order valence-corrected chi connectivity index (χ2v) is 6.93. The van der Waals surface area contributed by atoms with Gasteiger partial charge in [-0.2, -0.15) is 0 Å². The first-order chi connectivity index (χ1) is 11.8. The number of aryl methyl sites for hydroxylation is 1. The minimum atomic E-state index is 0.228. The van der Waals surface area contributed by atoms with Crippen molar-refractivity contribution in [2.75, 3.05) is 18.8 Å². The molecule has 3 heterocycles. The molecule has 24 heavy (non-hydrogen) atoms. The fourth-order valence-electron chi connectivity index (χ4n) is 3.03. The average molecular weight is 345 g/mol. The summed E-state index contributed by atoms with van der Waals surface area (Å²) in [5.41, 5.74) is 1.02. The van der Waals surface area contributed by atoms with Crippen LogP contribution in [0.4, 0.5) is 0 Å². The van der Waals surface area contributed by atoms with Gasteiger partial charge in [-0.3, -0.25) is 9.78 Å². The van der Waals surface area contributed by atoms with Gasteiger partial charge in [-0.15, -0.1) is 22.0 Å². The van der Waals surface area contributed by atoms with E-state index >= 15 is 0 Å². The first-order valence-electron chi connectivity index (χ1n) is 8.41. The Bertz CT molecular complexity index is 652. The number of amides is 1. The number of likely N-dealkylation sites (tertiary alicyclic amines) is 1. The molecular formula is C17H23N5OS. The molecule has 0 bridgehead atoms. The molecule has 7 heteroatoms. The Kier molecular flexibility index (Phi) is 5.85. The number of carbonyl (C=O) groups excluding carboxylic acids is 1. The Morgan fingerprint density at radius 1 is 1.33 bits per heavy atom. The number of nitrogens with zero attached hydrogens (tertiary/aromatic N) is 5. The van der Waals surface area contributed by atoms with Crippen molar-refractivity contribution in [1.82, 2.24) is 24.6 Å². The van der Waals surface area contributed by atoms with Crippen LogP contribution in [0, 0.1) is 0 Å². The van der Waals surface area contributed by atoms with Gasteiger partial charge in [0.1, 0.15) is 12.2 Å². The van der Waals surface area contributed by atoms with Crippen LogP contribution < -0.4 is 0 Å². The third-order valence-electron chi connectivity index (χ3n) is 4.40. The van der Waals surface area contributed by atoms with Crippen LogP contribution in [0.5, 0.6) is 0 Å². The number of aromatic nitrogens is 4. The van der Waals surface area contributed by atoms with Gasteiger partial charge in [0.25, 0.3) is 0 Å². The molecule has 0 aliphatic carbocycles. The molecule has 2 aromatic rings. The molecule has 1 aliphatic rings. The van der Waals surface area contributed by atoms with Crippen LogP contribution in [0.1, 0.15) is 37.2 Å². The summed E-state index contributed by atoms with van der Waals surface area (Å²) in [6.45, 7) is 4.62. The van der Waals surface area contributed by atoms with E-state index < -0.39 is 0 Å². The summed E-state index contributed by atoms with van der Waals surface area (Å²) in [5.74, 6) is 3.01. The van der Waals surface area contributed by atoms with Gasteiger partial charge in [0.2, 0.25) is 5.91 Å². The number of thioether (sulfide) groups is 1. The van der Waals surface area contributed by atoms with Gasteiger partial charge < -0.3 is 9.47 Å². The Hall–Kier alpha value is -1.89. The van der Waals surface area contributed by atoms with Gasteiger partial charge in [-0.25, -0.2) is 0 Å². The fraction of sp³-hybridized carbons (Fsp3) is 0.529. The lowest BCUT2D eigenvalue weighted by Gasteiger charge is -2.31. The smallest absolute Gasteiger partial charge is 0.232 e. The van der Waals surface area contributed by atoms with Crippen molar-refractivity contribution < 1.29 is 4.79 Å². The van der Waals surface area contributed by atoms with E-state index in [4.69, 9.17) is 0 Å². The summed E-state index contributed by atoms with van der Waals surface area (Å²) in [4.78, 5) is 18.6. The molecule has 0 spiro atoms. The van der Waals surface area contributed by atoms with Gasteiger partial charge in [-0.05, 0) is 31.9 Å². The Morgan fingerprint density at radius 2 is 2.17 bits per heavy atom. The van der Waals surface area contributed by atoms with Crippen molar-refractivity contribution in [2.45, 2.75) is 38.0 Å². The maximum atomic E-state index is 12.4. The van der Waals surface area contributed by atoms with E-state index in [2.05, 4.69) is 26.7 Å². The van der Waals surface area contributed by atoms with E-state index in [1.165, 1.54) is 0 Å². The highest BCUT2D eigenvalue weighted by Gasteiger charge is 2.26. The number of hydrogen-bond acceptors (Lipinski definition) is 5. The van der Waals surface area contributed by atoms with E-state index in [0.717, 1.165) is 49.7 Å². The topological polar surface area (TPSA) is 63.9 Å². The van der Waals surface area contributed by atoms with Crippen molar-refractivity contribution in [2.24, 2.45) is 0 Å². The number of pyridine rings is 1. The number of piperidine rings is 1. The fourth-order valence-corrected chi connectivity index (χ4v) is 3.87. The van der Waals surface area contributed by atoms with Crippen molar-refractivity contribution in [3.8, 4) is 0 Å². The Labute approximate surface area is 146 Å². The lowest BCUT2D eigenvalue weighted by atomic mass is 9.96. The predicted molar refractivity (Wildman–Crippen MR) is 94.7 cm³/mol. The van der Waals surface area contributed by atoms with E-state index in [1.807, 2.05) is 23.1 Å². The molecule has 0 aromatic carbocycles. The Morgan fingerprint density at radius 3 is 2.88 bits per heavy atom. The molecule has 0 saturated carbocycles. The molecule has 2 aromatic heterocycles. The van der Waals surface area contributed by atoms with Gasteiger partial charge >= 0.3 is 0 Å². The van der Waals surface area contributed by atoms with E-state index in [-0.39, 0.29) is 5.91 Å². The first-order valence-corrected chi connectivity index (χ1v) is 9.56.